The van der Waals surface area contributed by atoms with Crippen molar-refractivity contribution < 1.29 is 35.9 Å². The molecule has 1 aliphatic heterocycles. The molecule has 0 radical (unpaired) electrons. The fourth-order valence-electron chi connectivity index (χ4n) is 3.54. The summed E-state index contributed by atoms with van der Waals surface area (Å²) < 4.78 is 73.9. The Labute approximate surface area is 190 Å². The Balaban J connectivity index is 1.58. The van der Waals surface area contributed by atoms with Crippen LogP contribution in [-0.4, -0.2) is 44.4 Å². The van der Waals surface area contributed by atoms with Crippen molar-refractivity contribution in [3.05, 3.63) is 53.1 Å². The topological polar surface area (TPSA) is 72.9 Å². The lowest BCUT2D eigenvalue weighted by Crippen LogP contribution is -2.32. The van der Waals surface area contributed by atoms with Crippen LogP contribution in [-0.2, 0) is 22.9 Å². The second-order valence-corrected chi connectivity index (χ2v) is 10.6. The van der Waals surface area contributed by atoms with Gasteiger partial charge in [0, 0.05) is 19.3 Å². The van der Waals surface area contributed by atoms with E-state index in [0.29, 0.717) is 18.3 Å². The second kappa shape index (κ2) is 8.55. The molecule has 0 N–H and O–H groups in total. The first kappa shape index (κ1) is 23.4. The van der Waals surface area contributed by atoms with Crippen molar-refractivity contribution in [1.82, 2.24) is 4.90 Å². The molecule has 1 saturated carbocycles. The molecule has 0 saturated heterocycles. The molecule has 1 fully saturated rings. The number of fused-ring (bicyclic) bond motifs is 1. The van der Waals surface area contributed by atoms with E-state index < -0.39 is 28.0 Å². The summed E-state index contributed by atoms with van der Waals surface area (Å²) in [6.45, 7) is 1.95. The molecular weight excluding hydrogens is 459 g/mol. The van der Waals surface area contributed by atoms with Crippen LogP contribution in [0.2, 0.25) is 0 Å². The highest BCUT2D eigenvalue weighted by atomic mass is 32.2. The fourth-order valence-corrected chi connectivity index (χ4v) is 4.19. The third-order valence-electron chi connectivity index (χ3n) is 5.74. The SMILES string of the molecule is C[C@H](Oc1ccc(S(C)(=O)=O)cc1C(=O)N1Cc2ccc(OCC3CC3)cc2C1)C(F)(F)F. The van der Waals surface area contributed by atoms with Crippen molar-refractivity contribution in [2.45, 2.75) is 50.0 Å². The largest absolute Gasteiger partial charge is 0.493 e. The maximum absolute atomic E-state index is 13.3. The van der Waals surface area contributed by atoms with Gasteiger partial charge >= 0.3 is 6.18 Å². The number of carbonyl (C=O) groups excluding carboxylic acids is 1. The summed E-state index contributed by atoms with van der Waals surface area (Å²) in [5.41, 5.74) is 1.54. The van der Waals surface area contributed by atoms with Crippen LogP contribution in [0.1, 0.15) is 41.3 Å². The minimum atomic E-state index is -4.64. The van der Waals surface area contributed by atoms with Crippen LogP contribution in [0.4, 0.5) is 13.2 Å². The van der Waals surface area contributed by atoms with Crippen molar-refractivity contribution >= 4 is 15.7 Å². The highest BCUT2D eigenvalue weighted by Crippen LogP contribution is 2.34. The van der Waals surface area contributed by atoms with E-state index >= 15 is 0 Å². The van der Waals surface area contributed by atoms with Crippen molar-refractivity contribution in [2.75, 3.05) is 12.9 Å². The van der Waals surface area contributed by atoms with Gasteiger partial charge in [0.05, 0.1) is 17.1 Å². The molecular formula is C23H24F3NO5S. The molecule has 178 valence electrons. The monoisotopic (exact) mass is 483 g/mol. The van der Waals surface area contributed by atoms with E-state index in [-0.39, 0.29) is 29.3 Å². The maximum Gasteiger partial charge on any atom is 0.425 e. The van der Waals surface area contributed by atoms with Crippen LogP contribution in [0.3, 0.4) is 0 Å². The van der Waals surface area contributed by atoms with Crippen LogP contribution in [0.15, 0.2) is 41.3 Å². The highest BCUT2D eigenvalue weighted by molar-refractivity contribution is 7.90. The predicted octanol–water partition coefficient (Wildman–Crippen LogP) is 4.36. The average molecular weight is 484 g/mol. The number of alkyl halides is 3. The first-order valence-corrected chi connectivity index (χ1v) is 12.4. The zero-order valence-corrected chi connectivity index (χ0v) is 19.0. The van der Waals surface area contributed by atoms with Crippen molar-refractivity contribution in [1.29, 1.82) is 0 Å². The lowest BCUT2D eigenvalue weighted by Gasteiger charge is -2.22. The number of benzene rings is 2. The standard InChI is InChI=1S/C23H24F3NO5S/c1-14(23(24,25)26)32-21-8-7-19(33(2,29)30)10-20(21)22(28)27-11-16-5-6-18(9-17(16)12-27)31-13-15-3-4-15/h5-10,14-15H,3-4,11-13H2,1-2H3/t14-/m0/s1. The number of carbonyl (C=O) groups is 1. The number of sulfone groups is 1. The summed E-state index contributed by atoms with van der Waals surface area (Å²) in [6, 6.07) is 8.86. The van der Waals surface area contributed by atoms with E-state index in [2.05, 4.69) is 0 Å². The molecule has 1 heterocycles. The number of rotatable bonds is 7. The normalized spacial score (nSPS) is 16.9. The van der Waals surface area contributed by atoms with Gasteiger partial charge in [-0.2, -0.15) is 13.2 Å². The number of halogens is 3. The van der Waals surface area contributed by atoms with Gasteiger partial charge in [0.25, 0.3) is 5.91 Å². The van der Waals surface area contributed by atoms with Gasteiger partial charge in [-0.05, 0) is 67.1 Å². The van der Waals surface area contributed by atoms with Crippen LogP contribution >= 0.6 is 0 Å². The van der Waals surface area contributed by atoms with Gasteiger partial charge in [-0.1, -0.05) is 6.07 Å². The van der Waals surface area contributed by atoms with E-state index in [0.717, 1.165) is 55.3 Å². The van der Waals surface area contributed by atoms with Crippen molar-refractivity contribution in [3.8, 4) is 11.5 Å². The Morgan fingerprint density at radius 2 is 1.82 bits per heavy atom. The molecule has 0 aromatic heterocycles. The third kappa shape index (κ3) is 5.43. The molecule has 2 aliphatic rings. The molecule has 2 aromatic rings. The molecule has 0 bridgehead atoms. The minimum absolute atomic E-state index is 0.176. The maximum atomic E-state index is 13.3. The summed E-state index contributed by atoms with van der Waals surface area (Å²) in [5, 5.41) is 0. The molecule has 1 atom stereocenters. The van der Waals surface area contributed by atoms with E-state index in [9.17, 15) is 26.4 Å². The second-order valence-electron chi connectivity index (χ2n) is 8.58. The molecule has 4 rings (SSSR count). The van der Waals surface area contributed by atoms with Crippen LogP contribution < -0.4 is 9.47 Å². The van der Waals surface area contributed by atoms with Crippen molar-refractivity contribution in [3.63, 3.8) is 0 Å². The van der Waals surface area contributed by atoms with E-state index in [1.54, 1.807) is 0 Å². The predicted molar refractivity (Wildman–Crippen MR) is 114 cm³/mol. The molecule has 0 unspecified atom stereocenters. The number of nitrogens with zero attached hydrogens (tertiary/aromatic N) is 1. The van der Waals surface area contributed by atoms with Gasteiger partial charge in [0.1, 0.15) is 11.5 Å². The smallest absolute Gasteiger partial charge is 0.425 e. The van der Waals surface area contributed by atoms with Gasteiger partial charge < -0.3 is 14.4 Å². The number of hydrogen-bond donors (Lipinski definition) is 0. The summed E-state index contributed by atoms with van der Waals surface area (Å²) in [4.78, 5) is 14.6. The van der Waals surface area contributed by atoms with Gasteiger partial charge in [-0.15, -0.1) is 0 Å². The lowest BCUT2D eigenvalue weighted by atomic mass is 10.1. The van der Waals surface area contributed by atoms with Crippen molar-refractivity contribution in [2.24, 2.45) is 5.92 Å². The quantitative estimate of drug-likeness (QED) is 0.585. The fraction of sp³-hybridized carbons (Fsp3) is 0.435. The Hall–Kier alpha value is -2.75. The molecule has 33 heavy (non-hydrogen) atoms. The van der Waals surface area contributed by atoms with Gasteiger partial charge in [-0.25, -0.2) is 8.42 Å². The van der Waals surface area contributed by atoms with Crippen LogP contribution in [0.5, 0.6) is 11.5 Å². The van der Waals surface area contributed by atoms with Gasteiger partial charge in [0.15, 0.2) is 15.9 Å². The Morgan fingerprint density at radius 3 is 2.45 bits per heavy atom. The number of ether oxygens (including phenoxy) is 2. The Kier molecular flexibility index (Phi) is 6.07. The van der Waals surface area contributed by atoms with Crippen LogP contribution in [0.25, 0.3) is 0 Å². The molecule has 1 amide bonds. The molecule has 0 spiro atoms. The molecule has 10 heteroatoms. The molecule has 1 aliphatic carbocycles. The zero-order valence-electron chi connectivity index (χ0n) is 18.2. The number of hydrogen-bond acceptors (Lipinski definition) is 5. The zero-order chi connectivity index (χ0) is 24.0. The average Bonchev–Trinajstić information content (AvgIpc) is 3.47. The van der Waals surface area contributed by atoms with Gasteiger partial charge in [-0.3, -0.25) is 4.79 Å². The third-order valence-corrected chi connectivity index (χ3v) is 6.85. The van der Waals surface area contributed by atoms with E-state index in [1.807, 2.05) is 18.2 Å². The first-order chi connectivity index (χ1) is 15.4. The molecule has 6 nitrogen and oxygen atoms in total. The molecule has 2 aromatic carbocycles. The Bertz CT molecular complexity index is 1180. The van der Waals surface area contributed by atoms with E-state index in [4.69, 9.17) is 9.47 Å². The Morgan fingerprint density at radius 1 is 1.12 bits per heavy atom. The number of amides is 1. The van der Waals surface area contributed by atoms with Crippen LogP contribution in [0, 0.1) is 5.92 Å². The first-order valence-electron chi connectivity index (χ1n) is 10.5. The summed E-state index contributed by atoms with van der Waals surface area (Å²) in [6.07, 6.45) is -3.52. The van der Waals surface area contributed by atoms with Gasteiger partial charge in [0.2, 0.25) is 0 Å². The summed E-state index contributed by atoms with van der Waals surface area (Å²) >= 11 is 0. The minimum Gasteiger partial charge on any atom is -0.493 e. The summed E-state index contributed by atoms with van der Waals surface area (Å²) in [7, 11) is -3.69. The van der Waals surface area contributed by atoms with E-state index in [1.165, 1.54) is 4.90 Å². The lowest BCUT2D eigenvalue weighted by molar-refractivity contribution is -0.189. The summed E-state index contributed by atoms with van der Waals surface area (Å²) in [5.74, 6) is 0.371. The highest BCUT2D eigenvalue weighted by Gasteiger charge is 2.39.